The molecule has 0 unspecified atom stereocenters. The minimum absolute atomic E-state index is 0.0163. The van der Waals surface area contributed by atoms with Crippen LogP contribution in [-0.2, 0) is 26.4 Å². The van der Waals surface area contributed by atoms with Gasteiger partial charge in [-0.05, 0) is 42.1 Å². The molecule has 0 bridgehead atoms. The Labute approximate surface area is 144 Å². The molecule has 0 radical (unpaired) electrons. The van der Waals surface area contributed by atoms with Crippen LogP contribution in [0.15, 0.2) is 46.7 Å². The number of thiophene rings is 1. The molecule has 2 heterocycles. The van der Waals surface area contributed by atoms with Crippen molar-refractivity contribution < 1.29 is 21.2 Å². The molecule has 5 nitrogen and oxygen atoms in total. The molecule has 0 amide bonds. The number of sulfone groups is 1. The maximum atomic E-state index is 13.1. The lowest BCUT2D eigenvalue weighted by molar-refractivity contribution is 0.336. The molecule has 0 N–H and O–H groups in total. The van der Waals surface area contributed by atoms with Crippen molar-refractivity contribution in [3.8, 4) is 0 Å². The highest BCUT2D eigenvalue weighted by molar-refractivity contribution is 7.92. The quantitative estimate of drug-likeness (QED) is 0.786. The molecule has 1 aromatic heterocycles. The maximum Gasteiger partial charge on any atom is 0.243 e. The fourth-order valence-corrected chi connectivity index (χ4v) is 6.95. The van der Waals surface area contributed by atoms with E-state index in [1.807, 2.05) is 11.4 Å². The van der Waals surface area contributed by atoms with Crippen LogP contribution < -0.4 is 0 Å². The Morgan fingerprint density at radius 2 is 1.92 bits per heavy atom. The predicted octanol–water partition coefficient (Wildman–Crippen LogP) is 2.27. The van der Waals surface area contributed by atoms with Gasteiger partial charge in [-0.25, -0.2) is 21.2 Å². The van der Waals surface area contributed by atoms with E-state index in [1.165, 1.54) is 27.8 Å². The lowest BCUT2D eigenvalue weighted by Gasteiger charge is -2.27. The third kappa shape index (κ3) is 3.69. The Balaban J connectivity index is 1.98. The highest BCUT2D eigenvalue weighted by Gasteiger charge is 2.39. The van der Waals surface area contributed by atoms with Crippen LogP contribution in [0.3, 0.4) is 0 Å². The molecular formula is C15H16FNO4S3. The first-order chi connectivity index (χ1) is 11.3. The van der Waals surface area contributed by atoms with Crippen LogP contribution in [0, 0.1) is 5.82 Å². The highest BCUT2D eigenvalue weighted by Crippen LogP contribution is 2.28. The number of rotatable bonds is 5. The van der Waals surface area contributed by atoms with Gasteiger partial charge < -0.3 is 0 Å². The van der Waals surface area contributed by atoms with Crippen LogP contribution in [0.25, 0.3) is 0 Å². The zero-order valence-electron chi connectivity index (χ0n) is 12.6. The minimum atomic E-state index is -3.92. The lowest BCUT2D eigenvalue weighted by Crippen LogP contribution is -2.40. The Kier molecular flexibility index (Phi) is 4.78. The smallest absolute Gasteiger partial charge is 0.229 e. The van der Waals surface area contributed by atoms with Crippen LogP contribution in [0.2, 0.25) is 0 Å². The third-order valence-electron chi connectivity index (χ3n) is 3.93. The molecule has 0 spiro atoms. The van der Waals surface area contributed by atoms with Crippen molar-refractivity contribution in [2.45, 2.75) is 23.9 Å². The number of nitrogens with zero attached hydrogens (tertiary/aromatic N) is 1. The molecule has 1 aliphatic heterocycles. The summed E-state index contributed by atoms with van der Waals surface area (Å²) in [4.78, 5) is 0.787. The maximum absolute atomic E-state index is 13.1. The Morgan fingerprint density at radius 3 is 2.46 bits per heavy atom. The van der Waals surface area contributed by atoms with Gasteiger partial charge in [0.05, 0.1) is 16.4 Å². The van der Waals surface area contributed by atoms with E-state index in [0.717, 1.165) is 17.0 Å². The van der Waals surface area contributed by atoms with Crippen LogP contribution in [-0.4, -0.2) is 38.7 Å². The first-order valence-corrected chi connectivity index (χ1v) is 11.4. The summed E-state index contributed by atoms with van der Waals surface area (Å²) in [5.74, 6) is -0.724. The summed E-state index contributed by atoms with van der Waals surface area (Å²) in [6, 6.07) is 7.59. The van der Waals surface area contributed by atoms with E-state index in [0.29, 0.717) is 0 Å². The van der Waals surface area contributed by atoms with E-state index in [4.69, 9.17) is 0 Å². The standard InChI is InChI=1S/C15H16FNO4S3/c16-12-3-5-15(6-4-12)24(20,21)17(10-14-2-1-8-22-14)13-7-9-23(18,19)11-13/h1-6,8,13H,7,9-11H2/t13-/m1/s1. The second kappa shape index (κ2) is 6.55. The van der Waals surface area contributed by atoms with Gasteiger partial charge in [0.2, 0.25) is 10.0 Å². The topological polar surface area (TPSA) is 71.5 Å². The average molecular weight is 389 g/mol. The van der Waals surface area contributed by atoms with E-state index in [2.05, 4.69) is 0 Å². The SMILES string of the molecule is O=S1(=O)CC[C@@H](N(Cc2cccs2)S(=O)(=O)c2ccc(F)cc2)C1. The fraction of sp³-hybridized carbons (Fsp3) is 0.333. The predicted molar refractivity (Wildman–Crippen MR) is 90.5 cm³/mol. The normalized spacial score (nSPS) is 20.5. The van der Waals surface area contributed by atoms with Gasteiger partial charge in [-0.1, -0.05) is 6.07 Å². The van der Waals surface area contributed by atoms with Crippen LogP contribution in [0.1, 0.15) is 11.3 Å². The second-order valence-corrected chi connectivity index (χ2v) is 10.8. The molecule has 1 aromatic carbocycles. The average Bonchev–Trinajstić information content (AvgIpc) is 3.14. The molecule has 24 heavy (non-hydrogen) atoms. The molecule has 3 rings (SSSR count). The molecule has 130 valence electrons. The summed E-state index contributed by atoms with van der Waals surface area (Å²) in [5, 5.41) is 1.84. The van der Waals surface area contributed by atoms with Crippen molar-refractivity contribution in [3.63, 3.8) is 0 Å². The zero-order valence-corrected chi connectivity index (χ0v) is 15.1. The van der Waals surface area contributed by atoms with Gasteiger partial charge in [-0.3, -0.25) is 0 Å². The van der Waals surface area contributed by atoms with E-state index in [1.54, 1.807) is 6.07 Å². The van der Waals surface area contributed by atoms with Crippen molar-refractivity contribution in [1.82, 2.24) is 4.31 Å². The summed E-state index contributed by atoms with van der Waals surface area (Å²) >= 11 is 1.41. The molecule has 0 saturated carbocycles. The molecule has 1 saturated heterocycles. The number of benzene rings is 1. The zero-order chi connectivity index (χ0) is 17.4. The molecule has 2 aromatic rings. The summed E-state index contributed by atoms with van der Waals surface area (Å²) in [6.45, 7) is 0.109. The van der Waals surface area contributed by atoms with Crippen molar-refractivity contribution in [3.05, 3.63) is 52.5 Å². The molecule has 1 fully saturated rings. The van der Waals surface area contributed by atoms with Crippen LogP contribution >= 0.6 is 11.3 Å². The molecular weight excluding hydrogens is 373 g/mol. The Morgan fingerprint density at radius 1 is 1.21 bits per heavy atom. The first-order valence-electron chi connectivity index (χ1n) is 7.28. The molecule has 9 heteroatoms. The Bertz CT molecular complexity index is 906. The number of hydrogen-bond donors (Lipinski definition) is 0. The summed E-state index contributed by atoms with van der Waals surface area (Å²) in [7, 11) is -7.15. The van der Waals surface area contributed by atoms with Gasteiger partial charge in [-0.15, -0.1) is 11.3 Å². The summed E-state index contributed by atoms with van der Waals surface area (Å²) in [6.07, 6.45) is 0.272. The molecule has 1 aliphatic rings. The number of halogens is 1. The van der Waals surface area contributed by atoms with Gasteiger partial charge in [0.1, 0.15) is 5.82 Å². The number of sulfonamides is 1. The van der Waals surface area contributed by atoms with Crippen molar-refractivity contribution >= 4 is 31.2 Å². The van der Waals surface area contributed by atoms with E-state index in [-0.39, 0.29) is 29.4 Å². The molecule has 0 aliphatic carbocycles. The van der Waals surface area contributed by atoms with E-state index in [9.17, 15) is 21.2 Å². The lowest BCUT2D eigenvalue weighted by atomic mass is 10.2. The van der Waals surface area contributed by atoms with E-state index >= 15 is 0 Å². The van der Waals surface area contributed by atoms with Crippen molar-refractivity contribution in [1.29, 1.82) is 0 Å². The van der Waals surface area contributed by atoms with Gasteiger partial charge in [0.15, 0.2) is 9.84 Å². The fourth-order valence-electron chi connectivity index (χ4n) is 2.71. The summed E-state index contributed by atoms with van der Waals surface area (Å²) in [5.41, 5.74) is 0. The molecule has 1 atom stereocenters. The third-order valence-corrected chi connectivity index (χ3v) is 8.45. The van der Waals surface area contributed by atoms with Crippen molar-refractivity contribution in [2.75, 3.05) is 11.5 Å². The van der Waals surface area contributed by atoms with Crippen molar-refractivity contribution in [2.24, 2.45) is 0 Å². The van der Waals surface area contributed by atoms with E-state index < -0.39 is 31.7 Å². The van der Waals surface area contributed by atoms with Crippen LogP contribution in [0.5, 0.6) is 0 Å². The van der Waals surface area contributed by atoms with Gasteiger partial charge in [0.25, 0.3) is 0 Å². The largest absolute Gasteiger partial charge is 0.243 e. The van der Waals surface area contributed by atoms with Gasteiger partial charge >= 0.3 is 0 Å². The monoisotopic (exact) mass is 389 g/mol. The van der Waals surface area contributed by atoms with Gasteiger partial charge in [-0.2, -0.15) is 4.31 Å². The summed E-state index contributed by atoms with van der Waals surface area (Å²) < 4.78 is 63.9. The number of hydrogen-bond acceptors (Lipinski definition) is 5. The minimum Gasteiger partial charge on any atom is -0.229 e. The van der Waals surface area contributed by atoms with Crippen LogP contribution in [0.4, 0.5) is 4.39 Å². The first kappa shape index (κ1) is 17.5. The van der Waals surface area contributed by atoms with Gasteiger partial charge in [0, 0.05) is 17.5 Å². The second-order valence-electron chi connectivity index (χ2n) is 5.64. The highest BCUT2D eigenvalue weighted by atomic mass is 32.2. The Hall–Kier alpha value is -1.29.